The Morgan fingerprint density at radius 3 is 2.28 bits per heavy atom. The summed E-state index contributed by atoms with van der Waals surface area (Å²) < 4.78 is 66.4. The minimum absolute atomic E-state index is 0.0146. The van der Waals surface area contributed by atoms with Gasteiger partial charge in [0.05, 0.1) is 17.5 Å². The molecule has 54 heavy (non-hydrogen) atoms. The first-order valence-corrected chi connectivity index (χ1v) is 19.3. The van der Waals surface area contributed by atoms with E-state index in [0.29, 0.717) is 34.1 Å². The molecule has 2 atom stereocenters. The monoisotopic (exact) mass is 714 g/mol. The molecule has 0 N–H and O–H groups in total. The van der Waals surface area contributed by atoms with E-state index in [-0.39, 0.29) is 33.2 Å². The van der Waals surface area contributed by atoms with Gasteiger partial charge in [-0.1, -0.05) is 107 Å². The summed E-state index contributed by atoms with van der Waals surface area (Å²) in [5, 5.41) is 0. The van der Waals surface area contributed by atoms with Crippen LogP contribution in [0.15, 0.2) is 108 Å². The zero-order valence-electron chi connectivity index (χ0n) is 37.9. The molecular formula is C49H49BN2O2. The molecule has 1 aromatic heterocycles. The van der Waals surface area contributed by atoms with Gasteiger partial charge in [-0.25, -0.2) is 0 Å². The molecule has 4 aliphatic rings. The highest BCUT2D eigenvalue weighted by molar-refractivity contribution is 6.98. The number of fused-ring (bicyclic) bond motifs is 7. The summed E-state index contributed by atoms with van der Waals surface area (Å²) in [6, 6.07) is 33.1. The van der Waals surface area contributed by atoms with Gasteiger partial charge >= 0.3 is 6.71 Å². The van der Waals surface area contributed by atoms with E-state index in [4.69, 9.17) is 17.4 Å². The first-order valence-electron chi connectivity index (χ1n) is 22.3. The Morgan fingerprint density at radius 1 is 0.759 bits per heavy atom. The lowest BCUT2D eigenvalue weighted by Crippen LogP contribution is -2.59. The number of hydrogen-bond donors (Lipinski definition) is 0. The molecule has 0 saturated heterocycles. The number of aryl methyl sites for hydroxylation is 3. The van der Waals surface area contributed by atoms with Gasteiger partial charge in [0.15, 0.2) is 5.75 Å². The second-order valence-electron chi connectivity index (χ2n) is 17.4. The predicted octanol–water partition coefficient (Wildman–Crippen LogP) is 11.3. The van der Waals surface area contributed by atoms with Crippen molar-refractivity contribution in [3.05, 3.63) is 131 Å². The first kappa shape index (κ1) is 27.4. The third-order valence-electron chi connectivity index (χ3n) is 13.2. The molecule has 5 aromatic carbocycles. The molecule has 6 aromatic rings. The van der Waals surface area contributed by atoms with Crippen molar-refractivity contribution in [3.63, 3.8) is 0 Å². The number of benzene rings is 5. The van der Waals surface area contributed by atoms with E-state index in [0.717, 1.165) is 53.5 Å². The summed E-state index contributed by atoms with van der Waals surface area (Å²) in [6.07, 6.45) is 5.87. The van der Waals surface area contributed by atoms with Crippen LogP contribution in [0.25, 0.3) is 11.1 Å². The Kier molecular flexibility index (Phi) is 5.81. The maximum Gasteiger partial charge on any atom is 0.301 e. The Morgan fingerprint density at radius 2 is 1.52 bits per heavy atom. The van der Waals surface area contributed by atoms with Gasteiger partial charge in [0.2, 0.25) is 0 Å². The van der Waals surface area contributed by atoms with Crippen LogP contribution in [0.2, 0.25) is 0 Å². The number of ether oxygens (including phenoxy) is 1. The topological polar surface area (TPSA) is 28.9 Å². The van der Waals surface area contributed by atoms with Gasteiger partial charge < -0.3 is 19.0 Å². The summed E-state index contributed by atoms with van der Waals surface area (Å²) in [6.45, 7) is 7.40. The second-order valence-corrected chi connectivity index (χ2v) is 17.4. The Labute approximate surface area is 329 Å². The maximum atomic E-state index is 8.88. The molecule has 4 heterocycles. The van der Waals surface area contributed by atoms with E-state index in [2.05, 4.69) is 106 Å². The van der Waals surface area contributed by atoms with Gasteiger partial charge in [-0.15, -0.1) is 0 Å². The molecule has 270 valence electrons. The molecule has 10 rings (SSSR count). The highest BCUT2D eigenvalue weighted by atomic mass is 16.5. The molecule has 3 aliphatic heterocycles. The van der Waals surface area contributed by atoms with Gasteiger partial charge in [-0.05, 0) is 109 Å². The fourth-order valence-corrected chi connectivity index (χ4v) is 10.2. The SMILES string of the molecule is [2H]C([2H])([2H])c1cc(C)cc(C([2H])([2H])[2H])c1N1c2ccc(C(C)(C)C)cc2B2c3occc3Oc3cc(N4c5ccc(-c6ccccc6)cc5C5(C)CCCCC45C)cc1c32. The molecule has 0 radical (unpaired) electrons. The van der Waals surface area contributed by atoms with Crippen molar-refractivity contribution in [3.8, 4) is 22.6 Å². The van der Waals surface area contributed by atoms with E-state index in [1.165, 1.54) is 16.7 Å². The van der Waals surface area contributed by atoms with Crippen molar-refractivity contribution < 1.29 is 17.4 Å². The molecule has 0 bridgehead atoms. The van der Waals surface area contributed by atoms with Crippen molar-refractivity contribution in [2.75, 3.05) is 9.80 Å². The summed E-state index contributed by atoms with van der Waals surface area (Å²) >= 11 is 0. The molecule has 0 spiro atoms. The Hall–Kier alpha value is -5.16. The zero-order chi connectivity index (χ0) is 42.3. The van der Waals surface area contributed by atoms with Crippen molar-refractivity contribution in [1.29, 1.82) is 0 Å². The molecule has 2 unspecified atom stereocenters. The van der Waals surface area contributed by atoms with Gasteiger partial charge in [0.1, 0.15) is 11.4 Å². The molecule has 0 amide bonds. The van der Waals surface area contributed by atoms with Crippen molar-refractivity contribution >= 4 is 51.7 Å². The number of hydrogen-bond acceptors (Lipinski definition) is 4. The van der Waals surface area contributed by atoms with Crippen LogP contribution >= 0.6 is 0 Å². The minimum Gasteiger partial charge on any atom is -0.475 e. The van der Waals surface area contributed by atoms with E-state index in [9.17, 15) is 0 Å². The van der Waals surface area contributed by atoms with E-state index < -0.39 is 20.4 Å². The van der Waals surface area contributed by atoms with Crippen LogP contribution in [0.4, 0.5) is 28.4 Å². The summed E-state index contributed by atoms with van der Waals surface area (Å²) in [7, 11) is 0. The van der Waals surface area contributed by atoms with Gasteiger partial charge in [-0.2, -0.15) is 0 Å². The number of nitrogens with zero attached hydrogens (tertiary/aromatic N) is 2. The van der Waals surface area contributed by atoms with Crippen molar-refractivity contribution in [2.45, 2.75) is 97.3 Å². The van der Waals surface area contributed by atoms with E-state index in [1.807, 2.05) is 23.1 Å². The fourth-order valence-electron chi connectivity index (χ4n) is 10.2. The lowest BCUT2D eigenvalue weighted by molar-refractivity contribution is 0.195. The highest BCUT2D eigenvalue weighted by Crippen LogP contribution is 2.62. The predicted molar refractivity (Wildman–Crippen MR) is 226 cm³/mol. The van der Waals surface area contributed by atoms with Crippen LogP contribution in [-0.4, -0.2) is 12.3 Å². The van der Waals surface area contributed by atoms with E-state index in [1.54, 1.807) is 25.3 Å². The fraction of sp³-hybridized carbons (Fsp3) is 0.306. The third kappa shape index (κ3) is 4.57. The zero-order valence-corrected chi connectivity index (χ0v) is 31.9. The summed E-state index contributed by atoms with van der Waals surface area (Å²) in [5.74, 6) is 1.26. The minimum atomic E-state index is -2.63. The lowest BCUT2D eigenvalue weighted by Gasteiger charge is -2.50. The average molecular weight is 715 g/mol. The number of rotatable bonds is 3. The van der Waals surface area contributed by atoms with Gasteiger partial charge in [0, 0.05) is 54.0 Å². The average Bonchev–Trinajstić information content (AvgIpc) is 3.74. The highest BCUT2D eigenvalue weighted by Gasteiger charge is 2.58. The van der Waals surface area contributed by atoms with Crippen molar-refractivity contribution in [2.24, 2.45) is 0 Å². The third-order valence-corrected chi connectivity index (χ3v) is 13.2. The summed E-state index contributed by atoms with van der Waals surface area (Å²) in [4.78, 5) is 4.41. The van der Waals surface area contributed by atoms with Crippen molar-refractivity contribution in [1.82, 2.24) is 0 Å². The van der Waals surface area contributed by atoms with Crippen LogP contribution in [0.5, 0.6) is 11.5 Å². The Balaban J connectivity index is 1.30. The molecule has 4 nitrogen and oxygen atoms in total. The largest absolute Gasteiger partial charge is 0.475 e. The first-order chi connectivity index (χ1) is 28.3. The Bertz CT molecular complexity index is 2700. The molecule has 1 saturated carbocycles. The number of furan rings is 1. The maximum absolute atomic E-state index is 8.88. The second kappa shape index (κ2) is 11.4. The molecule has 1 aliphatic carbocycles. The smallest absolute Gasteiger partial charge is 0.301 e. The lowest BCUT2D eigenvalue weighted by atomic mass is 9.36. The molecule has 5 heteroatoms. The standard InChI is InChI=1S/C49H49BN2O2/c1-30-24-31(2)45(32(3)25-30)51-40-19-17-35(47(4,5)6)27-38(40)50-44-41(51)28-36(29-43(44)54-42-20-23-53-46(42)50)52-39-18-16-34(33-14-10-9-11-15-33)26-37(39)48(7)21-12-13-22-49(48,52)8/h9-11,14-20,23-29H,12-13,21-22H2,1-8H3/i2D3,3D3. The van der Waals surface area contributed by atoms with Crippen LogP contribution in [-0.2, 0) is 10.8 Å². The number of anilines is 5. The normalized spacial score (nSPS) is 23.0. The van der Waals surface area contributed by atoms with Crippen LogP contribution in [0.1, 0.15) is 96.3 Å². The molecule has 1 fully saturated rings. The molecular weight excluding hydrogens is 659 g/mol. The summed E-state index contributed by atoms with van der Waals surface area (Å²) in [5.41, 5.74) is 10.5. The van der Waals surface area contributed by atoms with E-state index >= 15 is 0 Å². The van der Waals surface area contributed by atoms with Crippen LogP contribution in [0.3, 0.4) is 0 Å². The quantitative estimate of drug-likeness (QED) is 0.170. The van der Waals surface area contributed by atoms with Crippen LogP contribution < -0.4 is 31.1 Å². The van der Waals surface area contributed by atoms with Gasteiger partial charge in [-0.3, -0.25) is 0 Å². The van der Waals surface area contributed by atoms with Crippen LogP contribution in [0, 0.1) is 20.6 Å². The van der Waals surface area contributed by atoms with Gasteiger partial charge in [0.25, 0.3) is 0 Å².